The van der Waals surface area contributed by atoms with Crippen LogP contribution in [0.4, 0.5) is 5.13 Å². The van der Waals surface area contributed by atoms with Crippen molar-refractivity contribution in [1.29, 1.82) is 0 Å². The fourth-order valence-corrected chi connectivity index (χ4v) is 3.26. The molecule has 8 heteroatoms. The molecule has 0 spiro atoms. The Morgan fingerprint density at radius 2 is 2.00 bits per heavy atom. The molecule has 0 radical (unpaired) electrons. The molecule has 0 saturated carbocycles. The number of carboxylic acids is 1. The van der Waals surface area contributed by atoms with E-state index in [1.807, 2.05) is 0 Å². The Bertz CT molecular complexity index is 652. The monoisotopic (exact) mass is 337 g/mol. The summed E-state index contributed by atoms with van der Waals surface area (Å²) in [5, 5.41) is 14.0. The highest BCUT2D eigenvalue weighted by atomic mass is 32.1. The third-order valence-corrected chi connectivity index (χ3v) is 4.61. The van der Waals surface area contributed by atoms with Crippen LogP contribution in [-0.4, -0.2) is 29.4 Å². The molecule has 0 saturated heterocycles. The molecule has 1 aliphatic rings. The Hall–Kier alpha value is -2.22. The summed E-state index contributed by atoms with van der Waals surface area (Å²) in [6, 6.07) is 0. The molecule has 1 aromatic heterocycles. The van der Waals surface area contributed by atoms with Gasteiger partial charge < -0.3 is 20.0 Å². The molecule has 1 amide bonds. The summed E-state index contributed by atoms with van der Waals surface area (Å²) in [5.74, 6) is -3.73. The van der Waals surface area contributed by atoms with Gasteiger partial charge >= 0.3 is 5.97 Å². The highest BCUT2D eigenvalue weighted by Gasteiger charge is 2.30. The number of carbonyl (C=O) groups is 3. The lowest BCUT2D eigenvalue weighted by Gasteiger charge is -2.27. The van der Waals surface area contributed by atoms with Crippen molar-refractivity contribution in [1.82, 2.24) is 4.98 Å². The zero-order valence-corrected chi connectivity index (χ0v) is 13.6. The minimum atomic E-state index is -1.24. The second kappa shape index (κ2) is 7.36. The number of ether oxygens (including phenoxy) is 1. The third-order valence-electron chi connectivity index (χ3n) is 3.56. The standard InChI is InChI=1S/C15H18N2O5S/c1-3-22-14(21)11-8(2)16-15(23-11)17-12(18)9-6-4-5-7-10(9)13(19)20/h4-5,9-10H,3,6-7H2,1-2H3,(H,19,20)(H,16,17,18)/p-1/t9-,10+/m1/s1. The quantitative estimate of drug-likeness (QED) is 0.631. The highest BCUT2D eigenvalue weighted by molar-refractivity contribution is 7.17. The first-order chi connectivity index (χ1) is 10.9. The average molecular weight is 337 g/mol. The van der Waals surface area contributed by atoms with Crippen molar-refractivity contribution in [3.63, 3.8) is 0 Å². The molecule has 124 valence electrons. The van der Waals surface area contributed by atoms with Gasteiger partial charge in [0.1, 0.15) is 4.88 Å². The number of thiazole rings is 1. The predicted molar refractivity (Wildman–Crippen MR) is 81.8 cm³/mol. The Kier molecular flexibility index (Phi) is 5.49. The molecule has 1 aromatic rings. The molecule has 0 aliphatic heterocycles. The third kappa shape index (κ3) is 3.95. The molecule has 2 rings (SSSR count). The number of nitrogens with zero attached hydrogens (tertiary/aromatic N) is 1. The fourth-order valence-electron chi connectivity index (χ4n) is 2.40. The van der Waals surface area contributed by atoms with E-state index in [0.717, 1.165) is 11.3 Å². The maximum Gasteiger partial charge on any atom is 0.350 e. The molecule has 0 fully saturated rings. The molecule has 7 nitrogen and oxygen atoms in total. The molecule has 0 bridgehead atoms. The summed E-state index contributed by atoms with van der Waals surface area (Å²) in [7, 11) is 0. The minimum absolute atomic E-state index is 0.250. The number of amides is 1. The second-order valence-electron chi connectivity index (χ2n) is 5.12. The number of carbonyl (C=O) groups excluding carboxylic acids is 3. The van der Waals surface area contributed by atoms with Crippen LogP contribution in [0.2, 0.25) is 0 Å². The van der Waals surface area contributed by atoms with Gasteiger partial charge in [0, 0.05) is 11.9 Å². The van der Waals surface area contributed by atoms with Crippen LogP contribution in [0, 0.1) is 18.8 Å². The number of hydrogen-bond acceptors (Lipinski definition) is 7. The number of rotatable bonds is 5. The van der Waals surface area contributed by atoms with E-state index in [1.54, 1.807) is 26.0 Å². The van der Waals surface area contributed by atoms with Gasteiger partial charge in [0.15, 0.2) is 5.13 Å². The molecule has 1 heterocycles. The van der Waals surface area contributed by atoms with Crippen LogP contribution < -0.4 is 10.4 Å². The van der Waals surface area contributed by atoms with Crippen molar-refractivity contribution in [2.45, 2.75) is 26.7 Å². The topological polar surface area (TPSA) is 108 Å². The van der Waals surface area contributed by atoms with Crippen molar-refractivity contribution < 1.29 is 24.2 Å². The lowest BCUT2D eigenvalue weighted by molar-refractivity contribution is -0.313. The van der Waals surface area contributed by atoms with E-state index in [-0.39, 0.29) is 18.2 Å². The number of aryl methyl sites for hydroxylation is 1. The maximum atomic E-state index is 12.3. The van der Waals surface area contributed by atoms with Gasteiger partial charge in [-0.05, 0) is 26.7 Å². The second-order valence-corrected chi connectivity index (χ2v) is 6.12. The molecule has 1 N–H and O–H groups in total. The average Bonchev–Trinajstić information content (AvgIpc) is 2.88. The first-order valence-electron chi connectivity index (χ1n) is 7.25. The Morgan fingerprint density at radius 1 is 1.35 bits per heavy atom. The first-order valence-corrected chi connectivity index (χ1v) is 8.07. The molecular weight excluding hydrogens is 320 g/mol. The maximum absolute atomic E-state index is 12.3. The minimum Gasteiger partial charge on any atom is -0.550 e. The zero-order chi connectivity index (χ0) is 17.0. The van der Waals surface area contributed by atoms with Gasteiger partial charge in [0.2, 0.25) is 5.91 Å². The van der Waals surface area contributed by atoms with Gasteiger partial charge in [-0.1, -0.05) is 23.5 Å². The van der Waals surface area contributed by atoms with Gasteiger partial charge in [-0.25, -0.2) is 9.78 Å². The molecule has 0 aromatic carbocycles. The number of carboxylic acid groups (broad SMARTS) is 1. The fraction of sp³-hybridized carbons (Fsp3) is 0.467. The smallest absolute Gasteiger partial charge is 0.350 e. The van der Waals surface area contributed by atoms with E-state index in [1.165, 1.54) is 0 Å². The predicted octanol–water partition coefficient (Wildman–Crippen LogP) is 0.899. The summed E-state index contributed by atoms with van der Waals surface area (Å²) >= 11 is 1.01. The van der Waals surface area contributed by atoms with E-state index < -0.39 is 29.7 Å². The van der Waals surface area contributed by atoms with Gasteiger partial charge in [-0.15, -0.1) is 0 Å². The van der Waals surface area contributed by atoms with Crippen LogP contribution in [0.15, 0.2) is 12.2 Å². The van der Waals surface area contributed by atoms with Crippen LogP contribution in [0.25, 0.3) is 0 Å². The lowest BCUT2D eigenvalue weighted by atomic mass is 9.82. The first kappa shape index (κ1) is 17.1. The van der Waals surface area contributed by atoms with E-state index in [9.17, 15) is 19.5 Å². The number of anilines is 1. The summed E-state index contributed by atoms with van der Waals surface area (Å²) in [6.07, 6.45) is 4.11. The normalized spacial score (nSPS) is 20.1. The zero-order valence-electron chi connectivity index (χ0n) is 12.8. The molecule has 0 unspecified atom stereocenters. The lowest BCUT2D eigenvalue weighted by Crippen LogP contribution is -2.41. The number of nitrogens with one attached hydrogen (secondary N) is 1. The van der Waals surface area contributed by atoms with Crippen molar-refractivity contribution in [2.24, 2.45) is 11.8 Å². The summed E-state index contributed by atoms with van der Waals surface area (Å²) < 4.78 is 4.92. The van der Waals surface area contributed by atoms with Crippen molar-refractivity contribution in [2.75, 3.05) is 11.9 Å². The Morgan fingerprint density at radius 3 is 2.61 bits per heavy atom. The summed E-state index contributed by atoms with van der Waals surface area (Å²) in [4.78, 5) is 39.6. The van der Waals surface area contributed by atoms with E-state index in [2.05, 4.69) is 10.3 Å². The van der Waals surface area contributed by atoms with E-state index >= 15 is 0 Å². The number of aromatic nitrogens is 1. The van der Waals surface area contributed by atoms with Crippen LogP contribution in [0.1, 0.15) is 35.1 Å². The molecular formula is C15H17N2O5S-. The molecule has 23 heavy (non-hydrogen) atoms. The van der Waals surface area contributed by atoms with Gasteiger partial charge in [0.25, 0.3) is 0 Å². The summed E-state index contributed by atoms with van der Waals surface area (Å²) in [5.41, 5.74) is 0.462. The van der Waals surface area contributed by atoms with Crippen molar-refractivity contribution >= 4 is 34.3 Å². The SMILES string of the molecule is CCOC(=O)c1sc(NC(=O)[C@@H]2CC=CC[C@@H]2C(=O)[O-])nc1C. The molecule has 2 atom stereocenters. The van der Waals surface area contributed by atoms with E-state index in [0.29, 0.717) is 17.0 Å². The van der Waals surface area contributed by atoms with Gasteiger partial charge in [-0.3, -0.25) is 4.79 Å². The van der Waals surface area contributed by atoms with Crippen LogP contribution in [0.3, 0.4) is 0 Å². The highest BCUT2D eigenvalue weighted by Crippen LogP contribution is 2.28. The van der Waals surface area contributed by atoms with Gasteiger partial charge in [0.05, 0.1) is 18.2 Å². The Balaban J connectivity index is 2.11. The Labute approximate surface area is 137 Å². The number of esters is 1. The largest absolute Gasteiger partial charge is 0.550 e. The molecule has 1 aliphatic carbocycles. The van der Waals surface area contributed by atoms with Crippen molar-refractivity contribution in [3.8, 4) is 0 Å². The van der Waals surface area contributed by atoms with Crippen LogP contribution in [0.5, 0.6) is 0 Å². The summed E-state index contributed by atoms with van der Waals surface area (Å²) in [6.45, 7) is 3.60. The van der Waals surface area contributed by atoms with Crippen LogP contribution >= 0.6 is 11.3 Å². The van der Waals surface area contributed by atoms with Crippen molar-refractivity contribution in [3.05, 3.63) is 22.7 Å². The number of hydrogen-bond donors (Lipinski definition) is 1. The van der Waals surface area contributed by atoms with Crippen LogP contribution in [-0.2, 0) is 14.3 Å². The number of aliphatic carboxylic acids is 1. The van der Waals surface area contributed by atoms with Gasteiger partial charge in [-0.2, -0.15) is 0 Å². The van der Waals surface area contributed by atoms with E-state index in [4.69, 9.17) is 4.74 Å². The number of allylic oxidation sites excluding steroid dienone is 2.